The quantitative estimate of drug-likeness (QED) is 0.754. The summed E-state index contributed by atoms with van der Waals surface area (Å²) in [6.45, 7) is 4.23. The Kier molecular flexibility index (Phi) is 3.48. The van der Waals surface area contributed by atoms with Gasteiger partial charge < -0.3 is 5.73 Å². The molecular formula is C18H19N3. The number of benzene rings is 2. The van der Waals surface area contributed by atoms with Gasteiger partial charge in [-0.3, -0.25) is 5.10 Å². The minimum Gasteiger partial charge on any atom is -0.382 e. The van der Waals surface area contributed by atoms with E-state index in [9.17, 15) is 0 Å². The molecule has 106 valence electrons. The molecule has 2 aromatic carbocycles. The average Bonchev–Trinajstić information content (AvgIpc) is 2.89. The summed E-state index contributed by atoms with van der Waals surface area (Å²) in [6, 6.07) is 16.8. The maximum atomic E-state index is 6.07. The Morgan fingerprint density at radius 1 is 1.05 bits per heavy atom. The topological polar surface area (TPSA) is 54.7 Å². The molecule has 3 heteroatoms. The highest BCUT2D eigenvalue weighted by Gasteiger charge is 2.14. The van der Waals surface area contributed by atoms with Crippen LogP contribution < -0.4 is 5.73 Å². The van der Waals surface area contributed by atoms with Crippen LogP contribution in [-0.2, 0) is 6.42 Å². The summed E-state index contributed by atoms with van der Waals surface area (Å²) in [7, 11) is 0. The van der Waals surface area contributed by atoms with Gasteiger partial charge in [-0.1, -0.05) is 61.0 Å². The Bertz CT molecular complexity index is 754. The van der Waals surface area contributed by atoms with Crippen molar-refractivity contribution in [3.8, 4) is 22.4 Å². The number of hydrogen-bond acceptors (Lipinski definition) is 2. The lowest BCUT2D eigenvalue weighted by molar-refractivity contribution is 1.10. The number of aromatic nitrogens is 2. The van der Waals surface area contributed by atoms with E-state index in [0.717, 1.165) is 28.8 Å². The lowest BCUT2D eigenvalue weighted by atomic mass is 9.98. The first-order chi connectivity index (χ1) is 10.2. The Balaban J connectivity index is 2.12. The van der Waals surface area contributed by atoms with E-state index in [2.05, 4.69) is 66.5 Å². The van der Waals surface area contributed by atoms with Crippen LogP contribution in [0.5, 0.6) is 0 Å². The van der Waals surface area contributed by atoms with Crippen molar-refractivity contribution >= 4 is 5.82 Å². The van der Waals surface area contributed by atoms with Crippen molar-refractivity contribution in [1.29, 1.82) is 0 Å². The molecule has 0 saturated heterocycles. The van der Waals surface area contributed by atoms with Crippen LogP contribution in [0.25, 0.3) is 22.4 Å². The average molecular weight is 277 g/mol. The number of rotatable bonds is 3. The molecule has 0 bridgehead atoms. The number of anilines is 1. The summed E-state index contributed by atoms with van der Waals surface area (Å²) in [6.07, 6.45) is 1.04. The van der Waals surface area contributed by atoms with Crippen LogP contribution in [0.15, 0.2) is 48.5 Å². The first-order valence-electron chi connectivity index (χ1n) is 7.19. The van der Waals surface area contributed by atoms with E-state index in [1.807, 2.05) is 6.07 Å². The molecule has 0 unspecified atom stereocenters. The molecule has 3 rings (SSSR count). The molecule has 0 atom stereocenters. The van der Waals surface area contributed by atoms with Gasteiger partial charge >= 0.3 is 0 Å². The van der Waals surface area contributed by atoms with Crippen molar-refractivity contribution < 1.29 is 0 Å². The summed E-state index contributed by atoms with van der Waals surface area (Å²) < 4.78 is 0. The predicted molar refractivity (Wildman–Crippen MR) is 88.0 cm³/mol. The second-order valence-electron chi connectivity index (χ2n) is 5.28. The van der Waals surface area contributed by atoms with Crippen LogP contribution in [0.1, 0.15) is 18.1 Å². The van der Waals surface area contributed by atoms with E-state index in [4.69, 9.17) is 5.73 Å². The van der Waals surface area contributed by atoms with Gasteiger partial charge in [0, 0.05) is 5.56 Å². The number of H-pyrrole nitrogens is 1. The summed E-state index contributed by atoms with van der Waals surface area (Å²) in [5, 5.41) is 7.27. The molecule has 3 nitrogen and oxygen atoms in total. The van der Waals surface area contributed by atoms with E-state index in [-0.39, 0.29) is 0 Å². The minimum atomic E-state index is 0.537. The number of nitrogen functional groups attached to an aromatic ring is 1. The predicted octanol–water partition coefficient (Wildman–Crippen LogP) is 4.20. The number of aromatic amines is 1. The summed E-state index contributed by atoms with van der Waals surface area (Å²) in [5.41, 5.74) is 12.8. The van der Waals surface area contributed by atoms with Crippen molar-refractivity contribution in [3.05, 3.63) is 59.7 Å². The van der Waals surface area contributed by atoms with Crippen LogP contribution >= 0.6 is 0 Å². The monoisotopic (exact) mass is 277 g/mol. The van der Waals surface area contributed by atoms with Crippen LogP contribution in [0.4, 0.5) is 5.82 Å². The molecule has 0 amide bonds. The minimum absolute atomic E-state index is 0.537. The summed E-state index contributed by atoms with van der Waals surface area (Å²) in [4.78, 5) is 0. The van der Waals surface area contributed by atoms with Gasteiger partial charge in [0.25, 0.3) is 0 Å². The van der Waals surface area contributed by atoms with Gasteiger partial charge in [-0.05, 0) is 24.5 Å². The summed E-state index contributed by atoms with van der Waals surface area (Å²) >= 11 is 0. The van der Waals surface area contributed by atoms with E-state index in [1.165, 1.54) is 11.1 Å². The SMILES string of the molecule is CCc1ccc(-c2[nH]nc(N)c2-c2cccc(C)c2)cc1. The molecule has 0 spiro atoms. The molecule has 3 N–H and O–H groups in total. The van der Waals surface area contributed by atoms with Crippen LogP contribution in [0, 0.1) is 6.92 Å². The molecule has 21 heavy (non-hydrogen) atoms. The number of nitrogens with one attached hydrogen (secondary N) is 1. The van der Waals surface area contributed by atoms with Gasteiger partial charge in [-0.25, -0.2) is 0 Å². The molecule has 0 aliphatic rings. The van der Waals surface area contributed by atoms with E-state index < -0.39 is 0 Å². The third-order valence-corrected chi connectivity index (χ3v) is 3.75. The first kappa shape index (κ1) is 13.4. The lowest BCUT2D eigenvalue weighted by Crippen LogP contribution is -1.89. The van der Waals surface area contributed by atoms with E-state index >= 15 is 0 Å². The lowest BCUT2D eigenvalue weighted by Gasteiger charge is -2.06. The number of nitrogens with two attached hydrogens (primary N) is 1. The largest absolute Gasteiger partial charge is 0.382 e. The van der Waals surface area contributed by atoms with Crippen molar-refractivity contribution in [3.63, 3.8) is 0 Å². The molecule has 0 fully saturated rings. The number of hydrogen-bond donors (Lipinski definition) is 2. The van der Waals surface area contributed by atoms with Crippen LogP contribution in [0.2, 0.25) is 0 Å². The fourth-order valence-electron chi connectivity index (χ4n) is 2.56. The highest BCUT2D eigenvalue weighted by Crippen LogP contribution is 2.34. The fraction of sp³-hybridized carbons (Fsp3) is 0.167. The normalized spacial score (nSPS) is 10.8. The zero-order valence-electron chi connectivity index (χ0n) is 12.4. The van der Waals surface area contributed by atoms with Crippen molar-refractivity contribution in [2.45, 2.75) is 20.3 Å². The van der Waals surface area contributed by atoms with E-state index in [1.54, 1.807) is 0 Å². The summed E-state index contributed by atoms with van der Waals surface area (Å²) in [5.74, 6) is 0.537. The molecule has 0 saturated carbocycles. The second kappa shape index (κ2) is 5.44. The van der Waals surface area contributed by atoms with Crippen molar-refractivity contribution in [2.24, 2.45) is 0 Å². The van der Waals surface area contributed by atoms with Gasteiger partial charge in [0.15, 0.2) is 5.82 Å². The van der Waals surface area contributed by atoms with Crippen molar-refractivity contribution in [1.82, 2.24) is 10.2 Å². The first-order valence-corrected chi connectivity index (χ1v) is 7.19. The van der Waals surface area contributed by atoms with Crippen LogP contribution in [-0.4, -0.2) is 10.2 Å². The Hall–Kier alpha value is -2.55. The fourth-order valence-corrected chi connectivity index (χ4v) is 2.56. The highest BCUT2D eigenvalue weighted by molar-refractivity contribution is 5.87. The molecule has 0 aliphatic heterocycles. The zero-order valence-corrected chi connectivity index (χ0v) is 12.4. The molecular weight excluding hydrogens is 258 g/mol. The zero-order chi connectivity index (χ0) is 14.8. The Morgan fingerprint density at radius 2 is 1.81 bits per heavy atom. The maximum Gasteiger partial charge on any atom is 0.153 e. The van der Waals surface area contributed by atoms with Crippen molar-refractivity contribution in [2.75, 3.05) is 5.73 Å². The smallest absolute Gasteiger partial charge is 0.153 e. The second-order valence-corrected chi connectivity index (χ2v) is 5.28. The Morgan fingerprint density at radius 3 is 2.48 bits per heavy atom. The van der Waals surface area contributed by atoms with Gasteiger partial charge in [0.05, 0.1) is 11.3 Å². The Labute approximate surface area is 124 Å². The highest BCUT2D eigenvalue weighted by atomic mass is 15.2. The van der Waals surface area contributed by atoms with Gasteiger partial charge in [0.1, 0.15) is 0 Å². The molecule has 1 aromatic heterocycles. The number of nitrogens with zero attached hydrogens (tertiary/aromatic N) is 1. The van der Waals surface area contributed by atoms with Gasteiger partial charge in [0.2, 0.25) is 0 Å². The molecule has 1 heterocycles. The third kappa shape index (κ3) is 2.55. The third-order valence-electron chi connectivity index (χ3n) is 3.75. The standard InChI is InChI=1S/C18H19N3/c1-3-13-7-9-14(10-8-13)17-16(18(19)21-20-17)15-6-4-5-12(2)11-15/h4-11H,3H2,1-2H3,(H3,19,20,21). The van der Waals surface area contributed by atoms with Gasteiger partial charge in [-0.2, -0.15) is 5.10 Å². The maximum absolute atomic E-state index is 6.07. The van der Waals surface area contributed by atoms with Crippen LogP contribution in [0.3, 0.4) is 0 Å². The molecule has 3 aromatic rings. The van der Waals surface area contributed by atoms with Gasteiger partial charge in [-0.15, -0.1) is 0 Å². The number of aryl methyl sites for hydroxylation is 2. The molecule has 0 radical (unpaired) electrons. The van der Waals surface area contributed by atoms with E-state index in [0.29, 0.717) is 5.82 Å². The molecule has 0 aliphatic carbocycles.